The largest absolute Gasteiger partial charge is 0.481 e. The number of carbonyl (C=O) groups is 1. The smallest absolute Gasteiger partial charge is 0.303 e. The van der Waals surface area contributed by atoms with Crippen LogP contribution in [0.15, 0.2) is 24.3 Å². The molecule has 1 aromatic rings. The lowest BCUT2D eigenvalue weighted by Gasteiger charge is -2.14. The van der Waals surface area contributed by atoms with E-state index in [2.05, 4.69) is 22.3 Å². The van der Waals surface area contributed by atoms with Crippen molar-refractivity contribution < 1.29 is 9.90 Å². The molecule has 0 aromatic heterocycles. The van der Waals surface area contributed by atoms with E-state index in [-0.39, 0.29) is 6.42 Å². The number of unbranched alkanes of at least 4 members (excludes halogenated alkanes) is 2. The normalized spacial score (nSPS) is 10.1. The van der Waals surface area contributed by atoms with Crippen molar-refractivity contribution in [2.45, 2.75) is 25.7 Å². The van der Waals surface area contributed by atoms with Crippen LogP contribution in [-0.2, 0) is 4.79 Å². The third kappa shape index (κ3) is 5.57. The van der Waals surface area contributed by atoms with Crippen LogP contribution in [0.3, 0.4) is 0 Å². The van der Waals surface area contributed by atoms with Crippen molar-refractivity contribution in [3.8, 4) is 0 Å². The van der Waals surface area contributed by atoms with Crippen molar-refractivity contribution >= 4 is 17.3 Å². The van der Waals surface area contributed by atoms with Crippen molar-refractivity contribution in [1.82, 2.24) is 0 Å². The zero-order valence-electron chi connectivity index (χ0n) is 11.1. The third-order valence-corrected chi connectivity index (χ3v) is 2.76. The van der Waals surface area contributed by atoms with E-state index < -0.39 is 5.97 Å². The summed E-state index contributed by atoms with van der Waals surface area (Å²) in [5.41, 5.74) is 2.28. The Balaban J connectivity index is 2.23. The Hall–Kier alpha value is -1.71. The van der Waals surface area contributed by atoms with Gasteiger partial charge in [0.1, 0.15) is 0 Å². The lowest BCUT2D eigenvalue weighted by atomic mass is 10.2. The summed E-state index contributed by atoms with van der Waals surface area (Å²) in [6.07, 6.45) is 2.98. The molecule has 0 heterocycles. The van der Waals surface area contributed by atoms with Gasteiger partial charge in [0, 0.05) is 38.4 Å². The maximum Gasteiger partial charge on any atom is 0.303 e. The van der Waals surface area contributed by atoms with Crippen LogP contribution in [-0.4, -0.2) is 31.7 Å². The predicted molar refractivity (Wildman–Crippen MR) is 75.4 cm³/mol. The van der Waals surface area contributed by atoms with Gasteiger partial charge in [-0.05, 0) is 31.0 Å². The molecule has 4 nitrogen and oxygen atoms in total. The molecule has 0 aliphatic heterocycles. The summed E-state index contributed by atoms with van der Waals surface area (Å²) in [6, 6.07) is 8.25. The topological polar surface area (TPSA) is 52.6 Å². The summed E-state index contributed by atoms with van der Waals surface area (Å²) < 4.78 is 0. The number of nitrogens with zero attached hydrogens (tertiary/aromatic N) is 1. The molecule has 0 radical (unpaired) electrons. The Morgan fingerprint density at radius 3 is 2.72 bits per heavy atom. The Labute approximate surface area is 109 Å². The number of anilines is 2. The van der Waals surface area contributed by atoms with E-state index in [1.165, 1.54) is 5.69 Å². The van der Waals surface area contributed by atoms with E-state index >= 15 is 0 Å². The molecule has 18 heavy (non-hydrogen) atoms. The van der Waals surface area contributed by atoms with Crippen LogP contribution in [0.2, 0.25) is 0 Å². The molecule has 0 atom stereocenters. The first-order valence-electron chi connectivity index (χ1n) is 6.32. The molecule has 0 unspecified atom stereocenters. The highest BCUT2D eigenvalue weighted by Crippen LogP contribution is 2.17. The molecule has 0 saturated heterocycles. The summed E-state index contributed by atoms with van der Waals surface area (Å²) in [7, 11) is 4.04. The molecular formula is C14H22N2O2. The van der Waals surface area contributed by atoms with Gasteiger partial charge in [-0.15, -0.1) is 0 Å². The van der Waals surface area contributed by atoms with E-state index in [0.29, 0.717) is 0 Å². The zero-order valence-corrected chi connectivity index (χ0v) is 11.1. The molecule has 1 aromatic carbocycles. The summed E-state index contributed by atoms with van der Waals surface area (Å²) in [4.78, 5) is 12.4. The summed E-state index contributed by atoms with van der Waals surface area (Å²) >= 11 is 0. The number of hydrogen-bond donors (Lipinski definition) is 2. The van der Waals surface area contributed by atoms with E-state index in [4.69, 9.17) is 5.11 Å². The Morgan fingerprint density at radius 1 is 1.28 bits per heavy atom. The maximum absolute atomic E-state index is 10.3. The first kappa shape index (κ1) is 14.4. The highest BCUT2D eigenvalue weighted by atomic mass is 16.4. The van der Waals surface area contributed by atoms with Gasteiger partial charge in [0.15, 0.2) is 0 Å². The third-order valence-electron chi connectivity index (χ3n) is 2.76. The monoisotopic (exact) mass is 250 g/mol. The minimum Gasteiger partial charge on any atom is -0.481 e. The highest BCUT2D eigenvalue weighted by Gasteiger charge is 1.98. The minimum atomic E-state index is -0.707. The van der Waals surface area contributed by atoms with Crippen LogP contribution in [0.5, 0.6) is 0 Å². The molecule has 0 aliphatic rings. The molecule has 4 heteroatoms. The molecule has 100 valence electrons. The van der Waals surface area contributed by atoms with Crippen molar-refractivity contribution in [1.29, 1.82) is 0 Å². The van der Waals surface area contributed by atoms with Crippen LogP contribution in [0.25, 0.3) is 0 Å². The lowest BCUT2D eigenvalue weighted by molar-refractivity contribution is -0.137. The van der Waals surface area contributed by atoms with Crippen LogP contribution in [0, 0.1) is 0 Å². The van der Waals surface area contributed by atoms with E-state index in [1.54, 1.807) is 0 Å². The van der Waals surface area contributed by atoms with Crippen LogP contribution in [0.1, 0.15) is 25.7 Å². The minimum absolute atomic E-state index is 0.274. The van der Waals surface area contributed by atoms with E-state index in [1.807, 2.05) is 26.2 Å². The average Bonchev–Trinajstić information content (AvgIpc) is 2.33. The summed E-state index contributed by atoms with van der Waals surface area (Å²) in [5, 5.41) is 11.9. The Morgan fingerprint density at radius 2 is 2.06 bits per heavy atom. The van der Waals surface area contributed by atoms with Gasteiger partial charge < -0.3 is 15.3 Å². The van der Waals surface area contributed by atoms with Crippen LogP contribution >= 0.6 is 0 Å². The van der Waals surface area contributed by atoms with Gasteiger partial charge in [-0.3, -0.25) is 4.79 Å². The Kier molecular flexibility index (Phi) is 6.05. The van der Waals surface area contributed by atoms with Crippen LogP contribution < -0.4 is 10.2 Å². The quantitative estimate of drug-likeness (QED) is 0.697. The average molecular weight is 250 g/mol. The van der Waals surface area contributed by atoms with E-state index in [9.17, 15) is 4.79 Å². The number of aliphatic carboxylic acids is 1. The molecule has 0 spiro atoms. The lowest BCUT2D eigenvalue weighted by Crippen LogP contribution is -2.09. The van der Waals surface area contributed by atoms with Gasteiger partial charge in [0.05, 0.1) is 0 Å². The van der Waals surface area contributed by atoms with Gasteiger partial charge in [-0.25, -0.2) is 0 Å². The van der Waals surface area contributed by atoms with Gasteiger partial charge in [-0.1, -0.05) is 12.5 Å². The Bertz CT molecular complexity index is 378. The van der Waals surface area contributed by atoms with Crippen molar-refractivity contribution in [2.24, 2.45) is 0 Å². The number of nitrogens with one attached hydrogen (secondary N) is 1. The van der Waals surface area contributed by atoms with Crippen molar-refractivity contribution in [3.05, 3.63) is 24.3 Å². The summed E-state index contributed by atoms with van der Waals surface area (Å²) in [5.74, 6) is -0.707. The second-order valence-corrected chi connectivity index (χ2v) is 4.58. The second kappa shape index (κ2) is 7.58. The van der Waals surface area contributed by atoms with E-state index in [0.717, 1.165) is 31.5 Å². The SMILES string of the molecule is CN(C)c1cccc(NCCCCCC(=O)O)c1. The number of carboxylic acids is 1. The van der Waals surface area contributed by atoms with Crippen molar-refractivity contribution in [3.63, 3.8) is 0 Å². The summed E-state index contributed by atoms with van der Waals surface area (Å²) in [6.45, 7) is 0.885. The fourth-order valence-corrected chi connectivity index (χ4v) is 1.70. The molecule has 1 rings (SSSR count). The first-order chi connectivity index (χ1) is 8.59. The number of hydrogen-bond acceptors (Lipinski definition) is 3. The van der Waals surface area contributed by atoms with Gasteiger partial charge in [-0.2, -0.15) is 0 Å². The molecular weight excluding hydrogens is 228 g/mol. The molecule has 0 saturated carbocycles. The molecule has 0 aliphatic carbocycles. The number of carboxylic acid groups (broad SMARTS) is 1. The maximum atomic E-state index is 10.3. The molecule has 2 N–H and O–H groups in total. The van der Waals surface area contributed by atoms with Crippen molar-refractivity contribution in [2.75, 3.05) is 30.9 Å². The molecule has 0 bridgehead atoms. The zero-order chi connectivity index (χ0) is 13.4. The fraction of sp³-hybridized carbons (Fsp3) is 0.500. The van der Waals surface area contributed by atoms with Gasteiger partial charge >= 0.3 is 5.97 Å². The fourth-order valence-electron chi connectivity index (χ4n) is 1.70. The second-order valence-electron chi connectivity index (χ2n) is 4.58. The number of rotatable bonds is 8. The van der Waals surface area contributed by atoms with Gasteiger partial charge in [0.2, 0.25) is 0 Å². The van der Waals surface area contributed by atoms with Crippen LogP contribution in [0.4, 0.5) is 11.4 Å². The van der Waals surface area contributed by atoms with Gasteiger partial charge in [0.25, 0.3) is 0 Å². The molecule has 0 fully saturated rings. The standard InChI is InChI=1S/C14H22N2O2/c1-16(2)13-8-6-7-12(11-13)15-10-5-3-4-9-14(17)18/h6-8,11,15H,3-5,9-10H2,1-2H3,(H,17,18). The first-order valence-corrected chi connectivity index (χ1v) is 6.32. The number of benzene rings is 1. The molecule has 0 amide bonds. The highest BCUT2D eigenvalue weighted by molar-refractivity contribution is 5.66. The predicted octanol–water partition coefficient (Wildman–Crippen LogP) is 2.81.